The van der Waals surface area contributed by atoms with Gasteiger partial charge in [0.05, 0.1) is 23.1 Å². The molecule has 1 saturated carbocycles. The lowest BCUT2D eigenvalue weighted by Gasteiger charge is -2.11. The number of nitrogens with one attached hydrogen (secondary N) is 2. The Balaban J connectivity index is 1.47. The van der Waals surface area contributed by atoms with E-state index in [1.807, 2.05) is 19.2 Å². The van der Waals surface area contributed by atoms with Crippen LogP contribution < -0.4 is 10.6 Å². The van der Waals surface area contributed by atoms with Crippen LogP contribution in [0, 0.1) is 6.92 Å². The summed E-state index contributed by atoms with van der Waals surface area (Å²) in [5, 5.41) is 8.65. The third-order valence-corrected chi connectivity index (χ3v) is 4.69. The Kier molecular flexibility index (Phi) is 4.33. The molecule has 0 unspecified atom stereocenters. The number of anilines is 1. The normalized spacial score (nSPS) is 15.4. The van der Waals surface area contributed by atoms with Gasteiger partial charge >= 0.3 is 6.03 Å². The molecule has 2 aromatic rings. The van der Waals surface area contributed by atoms with Crippen molar-refractivity contribution in [2.45, 2.75) is 38.5 Å². The van der Waals surface area contributed by atoms with Crippen molar-refractivity contribution in [1.29, 1.82) is 0 Å². The van der Waals surface area contributed by atoms with Gasteiger partial charge in [-0.25, -0.2) is 19.7 Å². The van der Waals surface area contributed by atoms with Gasteiger partial charge in [0.15, 0.2) is 0 Å². The lowest BCUT2D eigenvalue weighted by atomic mass is 10.2. The van der Waals surface area contributed by atoms with Gasteiger partial charge in [-0.2, -0.15) is 0 Å². The Morgan fingerprint density at radius 2 is 2.14 bits per heavy atom. The minimum Gasteiger partial charge on any atom is -0.337 e. The number of carbonyl (C=O) groups is 1. The SMILES string of the molecule is Cc1csc([C@@H](C)CNC(=O)Nc2cnc(C3CC3)nc2)n1. The van der Waals surface area contributed by atoms with Gasteiger partial charge in [0.1, 0.15) is 5.82 Å². The largest absolute Gasteiger partial charge is 0.337 e. The second-order valence-corrected chi connectivity index (χ2v) is 6.56. The van der Waals surface area contributed by atoms with Crippen molar-refractivity contribution in [2.75, 3.05) is 11.9 Å². The van der Waals surface area contributed by atoms with E-state index in [-0.39, 0.29) is 11.9 Å². The number of urea groups is 1. The third-order valence-electron chi connectivity index (χ3n) is 3.50. The van der Waals surface area contributed by atoms with Crippen molar-refractivity contribution < 1.29 is 4.79 Å². The fourth-order valence-corrected chi connectivity index (χ4v) is 2.92. The summed E-state index contributed by atoms with van der Waals surface area (Å²) in [5.74, 6) is 1.59. The van der Waals surface area contributed by atoms with Gasteiger partial charge in [0.25, 0.3) is 0 Å². The second-order valence-electron chi connectivity index (χ2n) is 5.67. The summed E-state index contributed by atoms with van der Waals surface area (Å²) in [5.41, 5.74) is 1.63. The molecule has 2 N–H and O–H groups in total. The Morgan fingerprint density at radius 3 is 2.73 bits per heavy atom. The van der Waals surface area contributed by atoms with Crippen molar-refractivity contribution in [3.63, 3.8) is 0 Å². The molecule has 0 aromatic carbocycles. The van der Waals surface area contributed by atoms with E-state index in [1.165, 1.54) is 12.8 Å². The number of aromatic nitrogens is 3. The maximum Gasteiger partial charge on any atom is 0.319 e. The number of thiazole rings is 1. The van der Waals surface area contributed by atoms with E-state index >= 15 is 0 Å². The van der Waals surface area contributed by atoms with Gasteiger partial charge in [-0.1, -0.05) is 6.92 Å². The summed E-state index contributed by atoms with van der Waals surface area (Å²) in [6.45, 7) is 4.56. The van der Waals surface area contributed by atoms with Gasteiger partial charge in [-0.3, -0.25) is 0 Å². The van der Waals surface area contributed by atoms with Crippen LogP contribution in [0.25, 0.3) is 0 Å². The standard InChI is InChI=1S/C15H19N5OS/c1-9(14-19-10(2)8-22-14)5-18-15(21)20-12-6-16-13(17-7-12)11-3-4-11/h6-9,11H,3-5H2,1-2H3,(H2,18,20,21)/t9-/m0/s1. The van der Waals surface area contributed by atoms with E-state index in [0.29, 0.717) is 18.2 Å². The smallest absolute Gasteiger partial charge is 0.319 e. The average molecular weight is 317 g/mol. The molecule has 0 radical (unpaired) electrons. The van der Waals surface area contributed by atoms with E-state index in [9.17, 15) is 4.79 Å². The van der Waals surface area contributed by atoms with E-state index in [2.05, 4.69) is 25.6 Å². The molecule has 1 fully saturated rings. The van der Waals surface area contributed by atoms with Crippen LogP contribution in [0.5, 0.6) is 0 Å². The highest BCUT2D eigenvalue weighted by Crippen LogP contribution is 2.37. The van der Waals surface area contributed by atoms with Crippen molar-refractivity contribution in [2.24, 2.45) is 0 Å². The summed E-state index contributed by atoms with van der Waals surface area (Å²) < 4.78 is 0. The van der Waals surface area contributed by atoms with Crippen LogP contribution in [0.3, 0.4) is 0 Å². The highest BCUT2D eigenvalue weighted by atomic mass is 32.1. The molecule has 2 heterocycles. The molecule has 0 aliphatic heterocycles. The van der Waals surface area contributed by atoms with Gasteiger partial charge in [0.2, 0.25) is 0 Å². The predicted molar refractivity (Wildman–Crippen MR) is 86.3 cm³/mol. The molecule has 116 valence electrons. The molecule has 0 spiro atoms. The van der Waals surface area contributed by atoms with E-state index in [1.54, 1.807) is 23.7 Å². The molecular formula is C15H19N5OS. The molecule has 22 heavy (non-hydrogen) atoms. The molecular weight excluding hydrogens is 298 g/mol. The molecule has 0 saturated heterocycles. The fourth-order valence-electron chi connectivity index (χ4n) is 2.06. The van der Waals surface area contributed by atoms with E-state index in [4.69, 9.17) is 0 Å². The number of nitrogens with zero attached hydrogens (tertiary/aromatic N) is 3. The van der Waals surface area contributed by atoms with Crippen LogP contribution >= 0.6 is 11.3 Å². The van der Waals surface area contributed by atoms with Crippen LogP contribution in [-0.4, -0.2) is 27.5 Å². The maximum atomic E-state index is 11.9. The fraction of sp³-hybridized carbons (Fsp3) is 0.467. The van der Waals surface area contributed by atoms with Crippen molar-refractivity contribution in [1.82, 2.24) is 20.3 Å². The first kappa shape index (κ1) is 14.9. The lowest BCUT2D eigenvalue weighted by molar-refractivity contribution is 0.251. The van der Waals surface area contributed by atoms with Crippen LogP contribution in [0.15, 0.2) is 17.8 Å². The molecule has 2 amide bonds. The van der Waals surface area contributed by atoms with Crippen molar-refractivity contribution in [3.05, 3.63) is 34.3 Å². The van der Waals surface area contributed by atoms with Gasteiger partial charge < -0.3 is 10.6 Å². The van der Waals surface area contributed by atoms with Crippen molar-refractivity contribution >= 4 is 23.1 Å². The third kappa shape index (κ3) is 3.79. The lowest BCUT2D eigenvalue weighted by Crippen LogP contribution is -2.31. The first-order valence-corrected chi connectivity index (χ1v) is 8.28. The summed E-state index contributed by atoms with van der Waals surface area (Å²) in [7, 11) is 0. The minimum absolute atomic E-state index is 0.193. The number of aryl methyl sites for hydroxylation is 1. The van der Waals surface area contributed by atoms with Gasteiger partial charge in [-0.15, -0.1) is 11.3 Å². The minimum atomic E-state index is -0.247. The van der Waals surface area contributed by atoms with Crippen LogP contribution in [0.4, 0.5) is 10.5 Å². The quantitative estimate of drug-likeness (QED) is 0.888. The molecule has 2 aromatic heterocycles. The van der Waals surface area contributed by atoms with Gasteiger partial charge in [-0.05, 0) is 19.8 Å². The topological polar surface area (TPSA) is 79.8 Å². The summed E-state index contributed by atoms with van der Waals surface area (Å²) >= 11 is 1.62. The zero-order valence-electron chi connectivity index (χ0n) is 12.7. The number of rotatable bonds is 5. The molecule has 0 bridgehead atoms. The number of hydrogen-bond acceptors (Lipinski definition) is 5. The Labute approximate surface area is 133 Å². The highest BCUT2D eigenvalue weighted by Gasteiger charge is 2.26. The first-order valence-electron chi connectivity index (χ1n) is 7.40. The Morgan fingerprint density at radius 1 is 1.41 bits per heavy atom. The maximum absolute atomic E-state index is 11.9. The zero-order chi connectivity index (χ0) is 15.5. The Hall–Kier alpha value is -2.02. The number of hydrogen-bond donors (Lipinski definition) is 2. The highest BCUT2D eigenvalue weighted by molar-refractivity contribution is 7.09. The van der Waals surface area contributed by atoms with Crippen molar-refractivity contribution in [3.8, 4) is 0 Å². The monoisotopic (exact) mass is 317 g/mol. The molecule has 7 heteroatoms. The zero-order valence-corrected chi connectivity index (χ0v) is 13.5. The molecule has 1 aliphatic rings. The van der Waals surface area contributed by atoms with Crippen LogP contribution in [0.1, 0.15) is 48.1 Å². The van der Waals surface area contributed by atoms with Crippen LogP contribution in [-0.2, 0) is 0 Å². The summed E-state index contributed by atoms with van der Waals surface area (Å²) in [6, 6.07) is -0.247. The molecule has 6 nitrogen and oxygen atoms in total. The van der Waals surface area contributed by atoms with Crippen LogP contribution in [0.2, 0.25) is 0 Å². The number of carbonyl (C=O) groups excluding carboxylic acids is 1. The number of amides is 2. The second kappa shape index (κ2) is 6.39. The summed E-state index contributed by atoms with van der Waals surface area (Å²) in [6.07, 6.45) is 5.66. The molecule has 3 rings (SSSR count). The first-order chi connectivity index (χ1) is 10.6. The van der Waals surface area contributed by atoms with E-state index in [0.717, 1.165) is 16.5 Å². The van der Waals surface area contributed by atoms with E-state index < -0.39 is 0 Å². The summed E-state index contributed by atoms with van der Waals surface area (Å²) in [4.78, 5) is 24.9. The van der Waals surface area contributed by atoms with Gasteiger partial charge in [0, 0.05) is 29.5 Å². The Bertz CT molecular complexity index is 650. The molecule has 1 aliphatic carbocycles. The predicted octanol–water partition coefficient (Wildman–Crippen LogP) is 3.04. The average Bonchev–Trinajstić information content (AvgIpc) is 3.27. The molecule has 1 atom stereocenters.